The van der Waals surface area contributed by atoms with Crippen molar-refractivity contribution >= 4 is 48.9 Å². The highest BCUT2D eigenvalue weighted by Crippen LogP contribution is 2.24. The minimum absolute atomic E-state index is 0.0659. The van der Waals surface area contributed by atoms with Crippen LogP contribution in [0.25, 0.3) is 10.2 Å². The monoisotopic (exact) mass is 467 g/mol. The van der Waals surface area contributed by atoms with Crippen LogP contribution >= 0.6 is 11.3 Å². The number of anilines is 2. The summed E-state index contributed by atoms with van der Waals surface area (Å²) >= 11 is 1.12. The smallest absolute Gasteiger partial charge is 0.307 e. The lowest BCUT2D eigenvalue weighted by molar-refractivity contribution is 0.102. The summed E-state index contributed by atoms with van der Waals surface area (Å²) in [7, 11) is -0.524. The molecule has 32 heavy (non-hydrogen) atoms. The maximum Gasteiger partial charge on any atom is 0.307 e. The molecule has 0 radical (unpaired) electrons. The van der Waals surface area contributed by atoms with Crippen LogP contribution in [0, 0.1) is 6.92 Å². The van der Waals surface area contributed by atoms with Crippen molar-refractivity contribution in [3.8, 4) is 0 Å². The Morgan fingerprint density at radius 2 is 1.66 bits per heavy atom. The summed E-state index contributed by atoms with van der Waals surface area (Å²) in [5.41, 5.74) is 3.18. The first kappa shape index (κ1) is 21.8. The van der Waals surface area contributed by atoms with E-state index in [9.17, 15) is 18.0 Å². The van der Waals surface area contributed by atoms with Crippen LogP contribution in [0.4, 0.5) is 11.4 Å². The number of rotatable bonds is 5. The lowest BCUT2D eigenvalue weighted by Crippen LogP contribution is -2.26. The molecule has 1 aromatic heterocycles. The number of nitrogens with zero attached hydrogens (tertiary/aromatic N) is 2. The molecule has 0 atom stereocenters. The van der Waals surface area contributed by atoms with E-state index < -0.39 is 10.0 Å². The van der Waals surface area contributed by atoms with E-state index in [0.717, 1.165) is 27.1 Å². The highest BCUT2D eigenvalue weighted by Gasteiger charge is 2.21. The van der Waals surface area contributed by atoms with E-state index in [2.05, 4.69) is 5.32 Å². The molecule has 3 aromatic carbocycles. The SMILES string of the molecule is Cc1ccc(S(=O)(=O)N(C)c2ccc(C(=O)Nc3ccc4c(c3)sc(=O)n4C)cc2)cc1. The fourth-order valence-electron chi connectivity index (χ4n) is 3.24. The van der Waals surface area contributed by atoms with Gasteiger partial charge < -0.3 is 9.88 Å². The van der Waals surface area contributed by atoms with Crippen molar-refractivity contribution in [2.24, 2.45) is 7.05 Å². The Kier molecular flexibility index (Phi) is 5.62. The molecule has 0 spiro atoms. The van der Waals surface area contributed by atoms with Gasteiger partial charge in [-0.3, -0.25) is 13.9 Å². The third-order valence-corrected chi connectivity index (χ3v) is 8.02. The van der Waals surface area contributed by atoms with Crippen molar-refractivity contribution in [3.63, 3.8) is 0 Å². The normalized spacial score (nSPS) is 11.5. The summed E-state index contributed by atoms with van der Waals surface area (Å²) < 4.78 is 29.3. The molecule has 164 valence electrons. The van der Waals surface area contributed by atoms with Crippen molar-refractivity contribution in [3.05, 3.63) is 87.5 Å². The van der Waals surface area contributed by atoms with Crippen LogP contribution in [0.3, 0.4) is 0 Å². The average Bonchev–Trinajstić information content (AvgIpc) is 3.06. The molecule has 4 rings (SSSR count). The van der Waals surface area contributed by atoms with Crippen molar-refractivity contribution < 1.29 is 13.2 Å². The fraction of sp³-hybridized carbons (Fsp3) is 0.130. The first-order valence-corrected chi connectivity index (χ1v) is 12.0. The highest BCUT2D eigenvalue weighted by molar-refractivity contribution is 7.92. The largest absolute Gasteiger partial charge is 0.322 e. The van der Waals surface area contributed by atoms with E-state index in [4.69, 9.17) is 0 Å². The number of amides is 1. The number of aromatic nitrogens is 1. The minimum atomic E-state index is -3.71. The lowest BCUT2D eigenvalue weighted by Gasteiger charge is -2.20. The van der Waals surface area contributed by atoms with Gasteiger partial charge in [0, 0.05) is 25.3 Å². The van der Waals surface area contributed by atoms with Crippen LogP contribution in [-0.2, 0) is 17.1 Å². The van der Waals surface area contributed by atoms with E-state index in [1.54, 1.807) is 78.3 Å². The zero-order valence-electron chi connectivity index (χ0n) is 17.7. The lowest BCUT2D eigenvalue weighted by atomic mass is 10.2. The molecular formula is C23H21N3O4S2. The third-order valence-electron chi connectivity index (χ3n) is 5.22. The Morgan fingerprint density at radius 1 is 1.00 bits per heavy atom. The summed E-state index contributed by atoms with van der Waals surface area (Å²) in [6, 6.07) is 18.3. The first-order valence-electron chi connectivity index (χ1n) is 9.73. The van der Waals surface area contributed by atoms with Crippen molar-refractivity contribution in [2.75, 3.05) is 16.7 Å². The Labute approximate surface area is 189 Å². The van der Waals surface area contributed by atoms with Gasteiger partial charge >= 0.3 is 4.87 Å². The fourth-order valence-corrected chi connectivity index (χ4v) is 5.36. The maximum absolute atomic E-state index is 12.9. The number of carbonyl (C=O) groups excluding carboxylic acids is 1. The maximum atomic E-state index is 12.9. The van der Waals surface area contributed by atoms with Crippen molar-refractivity contribution in [1.82, 2.24) is 4.57 Å². The van der Waals surface area contributed by atoms with E-state index in [1.165, 1.54) is 11.4 Å². The molecule has 1 N–H and O–H groups in total. The van der Waals surface area contributed by atoms with Crippen LogP contribution in [-0.4, -0.2) is 25.9 Å². The van der Waals surface area contributed by atoms with E-state index in [-0.39, 0.29) is 15.7 Å². The second-order valence-electron chi connectivity index (χ2n) is 7.40. The van der Waals surface area contributed by atoms with Crippen LogP contribution in [0.1, 0.15) is 15.9 Å². The topological polar surface area (TPSA) is 88.5 Å². The van der Waals surface area contributed by atoms with Gasteiger partial charge in [0.25, 0.3) is 15.9 Å². The molecule has 1 heterocycles. The number of sulfonamides is 1. The highest BCUT2D eigenvalue weighted by atomic mass is 32.2. The molecule has 7 nitrogen and oxygen atoms in total. The Hall–Kier alpha value is -3.43. The summed E-state index contributed by atoms with van der Waals surface area (Å²) in [6.45, 7) is 1.89. The van der Waals surface area contributed by atoms with Crippen LogP contribution in [0.5, 0.6) is 0 Å². The van der Waals surface area contributed by atoms with Crippen molar-refractivity contribution in [1.29, 1.82) is 0 Å². The number of nitrogens with one attached hydrogen (secondary N) is 1. The zero-order chi connectivity index (χ0) is 23.0. The molecule has 0 aliphatic carbocycles. The summed E-state index contributed by atoms with van der Waals surface area (Å²) in [4.78, 5) is 24.6. The van der Waals surface area contributed by atoms with Crippen LogP contribution in [0.15, 0.2) is 76.4 Å². The molecule has 0 aliphatic heterocycles. The van der Waals surface area contributed by atoms with Gasteiger partial charge in [-0.1, -0.05) is 29.0 Å². The van der Waals surface area contributed by atoms with Gasteiger partial charge in [0.15, 0.2) is 0 Å². The van der Waals surface area contributed by atoms with Crippen molar-refractivity contribution in [2.45, 2.75) is 11.8 Å². The van der Waals surface area contributed by atoms with Gasteiger partial charge in [0.2, 0.25) is 0 Å². The first-order chi connectivity index (χ1) is 15.2. The van der Waals surface area contributed by atoms with E-state index in [0.29, 0.717) is 16.9 Å². The molecule has 9 heteroatoms. The zero-order valence-corrected chi connectivity index (χ0v) is 19.3. The molecule has 0 saturated carbocycles. The number of fused-ring (bicyclic) bond motifs is 1. The molecule has 1 amide bonds. The average molecular weight is 468 g/mol. The molecule has 4 aromatic rings. The molecule has 0 unspecified atom stereocenters. The predicted octanol–water partition coefficient (Wildman–Crippen LogP) is 3.99. The quantitative estimate of drug-likeness (QED) is 0.481. The number of aryl methyl sites for hydroxylation is 2. The van der Waals surface area contributed by atoms with Crippen LogP contribution in [0.2, 0.25) is 0 Å². The second-order valence-corrected chi connectivity index (χ2v) is 10.4. The van der Waals surface area contributed by atoms with Crippen LogP contribution < -0.4 is 14.5 Å². The number of carbonyl (C=O) groups is 1. The molecular weight excluding hydrogens is 446 g/mol. The van der Waals surface area contributed by atoms with E-state index >= 15 is 0 Å². The van der Waals surface area contributed by atoms with Gasteiger partial charge in [-0.05, 0) is 61.5 Å². The third kappa shape index (κ3) is 4.04. The standard InChI is InChI=1S/C23H21N3O4S2/c1-15-4-11-19(12-5-15)32(29,30)26(3)18-9-6-16(7-10-18)22(27)24-17-8-13-20-21(14-17)31-23(28)25(20)2/h4-14H,1-3H3,(H,24,27). The number of benzene rings is 3. The Morgan fingerprint density at radius 3 is 2.31 bits per heavy atom. The second kappa shape index (κ2) is 8.25. The summed E-state index contributed by atoms with van der Waals surface area (Å²) in [6.07, 6.45) is 0. The molecule has 0 saturated heterocycles. The van der Waals surface area contributed by atoms with E-state index in [1.807, 2.05) is 6.92 Å². The minimum Gasteiger partial charge on any atom is -0.322 e. The van der Waals surface area contributed by atoms with Gasteiger partial charge in [0.05, 0.1) is 20.8 Å². The summed E-state index contributed by atoms with van der Waals surface area (Å²) in [5, 5.41) is 2.81. The summed E-state index contributed by atoms with van der Waals surface area (Å²) in [5.74, 6) is -0.330. The van der Waals surface area contributed by atoms with Gasteiger partial charge in [-0.25, -0.2) is 8.42 Å². The molecule has 0 bridgehead atoms. The predicted molar refractivity (Wildman–Crippen MR) is 128 cm³/mol. The Balaban J connectivity index is 1.52. The number of thiazole rings is 1. The van der Waals surface area contributed by atoms with Gasteiger partial charge in [0.1, 0.15) is 0 Å². The Bertz CT molecular complexity index is 1470. The molecule has 0 aliphatic rings. The van der Waals surface area contributed by atoms with Gasteiger partial charge in [-0.2, -0.15) is 0 Å². The van der Waals surface area contributed by atoms with Gasteiger partial charge in [-0.15, -0.1) is 0 Å². The number of hydrogen-bond donors (Lipinski definition) is 1. The molecule has 0 fully saturated rings. The number of hydrogen-bond acceptors (Lipinski definition) is 5.